The molecule has 7 atom stereocenters. The Morgan fingerprint density at radius 3 is 2.41 bits per heavy atom. The van der Waals surface area contributed by atoms with E-state index in [1.54, 1.807) is 0 Å². The van der Waals surface area contributed by atoms with E-state index in [1.165, 1.54) is 12.0 Å². The Labute approximate surface area is 248 Å². The van der Waals surface area contributed by atoms with Crippen LogP contribution in [0.2, 0.25) is 0 Å². The highest BCUT2D eigenvalue weighted by molar-refractivity contribution is 5.76. The van der Waals surface area contributed by atoms with Crippen LogP contribution < -0.4 is 0 Å². The number of nitrogens with zero attached hydrogens (tertiary/aromatic N) is 1. The minimum atomic E-state index is -0.300. The summed E-state index contributed by atoms with van der Waals surface area (Å²) in [6.45, 7) is 8.36. The number of cyclic esters (lactones) is 1. The van der Waals surface area contributed by atoms with Gasteiger partial charge in [-0.3, -0.25) is 9.59 Å². The lowest BCUT2D eigenvalue weighted by Crippen LogP contribution is -2.37. The second-order valence-electron chi connectivity index (χ2n) is 13.0. The van der Waals surface area contributed by atoms with E-state index >= 15 is 0 Å². The molecule has 4 rings (SSSR count). The number of carbonyl (C=O) groups excluding carboxylic acids is 2. The van der Waals surface area contributed by atoms with Crippen LogP contribution in [0.15, 0.2) is 36.0 Å². The molecule has 4 aliphatic heterocycles. The molecular weight excluding hydrogens is 514 g/mol. The molecule has 3 saturated heterocycles. The number of likely N-dealkylation sites (tertiary alicyclic amines) is 1. The number of hydrogen-bond donors (Lipinski definition) is 0. The van der Waals surface area contributed by atoms with Crippen molar-refractivity contribution in [2.24, 2.45) is 11.8 Å². The number of unbranched alkanes of at least 4 members (excludes halogenated alkanes) is 3. The van der Waals surface area contributed by atoms with E-state index in [0.717, 1.165) is 90.1 Å². The number of amides is 1. The monoisotopic (exact) mass is 569 g/mol. The predicted molar refractivity (Wildman–Crippen MR) is 163 cm³/mol. The van der Waals surface area contributed by atoms with Gasteiger partial charge in [-0.15, -0.1) is 0 Å². The van der Waals surface area contributed by atoms with Crippen LogP contribution in [0.4, 0.5) is 0 Å². The summed E-state index contributed by atoms with van der Waals surface area (Å²) in [4.78, 5) is 27.4. The number of allylic oxidation sites excluding steroid dienone is 3. The summed E-state index contributed by atoms with van der Waals surface area (Å²) < 4.78 is 19.1. The predicted octanol–water partition coefficient (Wildman–Crippen LogP) is 7.47. The first-order chi connectivity index (χ1) is 19.9. The van der Waals surface area contributed by atoms with E-state index in [2.05, 4.69) is 51.2 Å². The Morgan fingerprint density at radius 1 is 0.902 bits per heavy atom. The highest BCUT2D eigenvalue weighted by atomic mass is 16.5. The van der Waals surface area contributed by atoms with Gasteiger partial charge in [0.2, 0.25) is 5.91 Å². The van der Waals surface area contributed by atoms with Gasteiger partial charge in [0.05, 0.1) is 30.8 Å². The Balaban J connectivity index is 1.34. The molecule has 7 unspecified atom stereocenters. The topological polar surface area (TPSA) is 65.1 Å². The van der Waals surface area contributed by atoms with Crippen molar-refractivity contribution in [1.29, 1.82) is 0 Å². The Kier molecular flexibility index (Phi) is 13.0. The highest BCUT2D eigenvalue weighted by Crippen LogP contribution is 2.33. The SMILES string of the molecule is C/C=C1\CC2CC(=O)OC(/C=C/CCCCCC(=O)N3CCCC3)C(C)/C=C/C(C)CC3CCCC(CC(C1)O2)O3. The van der Waals surface area contributed by atoms with Crippen LogP contribution in [0, 0.1) is 11.8 Å². The summed E-state index contributed by atoms with van der Waals surface area (Å²) >= 11 is 0. The summed E-state index contributed by atoms with van der Waals surface area (Å²) in [5.41, 5.74) is 1.37. The van der Waals surface area contributed by atoms with Crippen LogP contribution in [0.25, 0.3) is 0 Å². The number of ether oxygens (including phenoxy) is 3. The molecule has 3 fully saturated rings. The second kappa shape index (κ2) is 16.6. The Hall–Kier alpha value is -1.92. The molecule has 0 N–H and O–H groups in total. The van der Waals surface area contributed by atoms with E-state index in [1.807, 2.05) is 4.90 Å². The fraction of sp³-hybridized carbons (Fsp3) is 0.771. The van der Waals surface area contributed by atoms with Crippen molar-refractivity contribution in [3.63, 3.8) is 0 Å². The van der Waals surface area contributed by atoms with E-state index in [-0.39, 0.29) is 42.7 Å². The first kappa shape index (κ1) is 32.0. The molecule has 0 aliphatic carbocycles. The van der Waals surface area contributed by atoms with Crippen molar-refractivity contribution < 1.29 is 23.8 Å². The lowest BCUT2D eigenvalue weighted by atomic mass is 9.90. The van der Waals surface area contributed by atoms with Crippen molar-refractivity contribution in [3.8, 4) is 0 Å². The van der Waals surface area contributed by atoms with Crippen molar-refractivity contribution in [2.75, 3.05) is 13.1 Å². The van der Waals surface area contributed by atoms with Crippen LogP contribution in [-0.4, -0.2) is 60.4 Å². The zero-order chi connectivity index (χ0) is 29.0. The average Bonchev–Trinajstić information content (AvgIpc) is 3.49. The van der Waals surface area contributed by atoms with Gasteiger partial charge in [0.15, 0.2) is 0 Å². The van der Waals surface area contributed by atoms with Crippen molar-refractivity contribution in [1.82, 2.24) is 4.90 Å². The molecule has 0 aromatic carbocycles. The third-order valence-electron chi connectivity index (χ3n) is 9.34. The molecule has 0 saturated carbocycles. The summed E-state index contributed by atoms with van der Waals surface area (Å²) in [6, 6.07) is 0. The van der Waals surface area contributed by atoms with Crippen LogP contribution in [0.3, 0.4) is 0 Å². The maximum absolute atomic E-state index is 13.2. The summed E-state index contributed by atoms with van der Waals surface area (Å²) in [5, 5.41) is 0. The van der Waals surface area contributed by atoms with Gasteiger partial charge < -0.3 is 19.1 Å². The van der Waals surface area contributed by atoms with Gasteiger partial charge >= 0.3 is 5.97 Å². The molecule has 0 aromatic heterocycles. The third kappa shape index (κ3) is 10.7. The van der Waals surface area contributed by atoms with E-state index in [9.17, 15) is 9.59 Å². The molecule has 6 nitrogen and oxygen atoms in total. The molecule has 41 heavy (non-hydrogen) atoms. The maximum atomic E-state index is 13.2. The zero-order valence-electron chi connectivity index (χ0n) is 25.9. The standard InChI is InChI=1S/C35H55NO5/c1-4-28-22-31-24-30-14-12-13-29(39-30)21-26(2)17-18-27(3)33(41-35(38)25-32(23-28)40-31)15-8-6-5-7-9-16-34(37)36-19-10-11-20-36/h4,8,15,17-18,26-27,29-33H,5-7,9-14,16,19-25H2,1-3H3/b15-8+,18-17+,28-4-. The quantitative estimate of drug-likeness (QED) is 0.181. The fourth-order valence-electron chi connectivity index (χ4n) is 6.90. The lowest BCUT2D eigenvalue weighted by molar-refractivity contribution is -0.154. The van der Waals surface area contributed by atoms with Gasteiger partial charge in [-0.25, -0.2) is 0 Å². The zero-order valence-corrected chi connectivity index (χ0v) is 25.9. The minimum absolute atomic E-state index is 0.0785. The largest absolute Gasteiger partial charge is 0.457 e. The first-order valence-electron chi connectivity index (χ1n) is 16.7. The third-order valence-corrected chi connectivity index (χ3v) is 9.34. The number of carbonyl (C=O) groups is 2. The maximum Gasteiger partial charge on any atom is 0.309 e. The summed E-state index contributed by atoms with van der Waals surface area (Å²) in [6.07, 6.45) is 25.4. The van der Waals surface area contributed by atoms with Crippen LogP contribution in [0.5, 0.6) is 0 Å². The Bertz CT molecular complexity index is 920. The van der Waals surface area contributed by atoms with E-state index in [4.69, 9.17) is 14.2 Å². The second-order valence-corrected chi connectivity index (χ2v) is 13.0. The highest BCUT2D eigenvalue weighted by Gasteiger charge is 2.32. The lowest BCUT2D eigenvalue weighted by Gasteiger charge is -2.37. The van der Waals surface area contributed by atoms with Crippen LogP contribution >= 0.6 is 0 Å². The molecular formula is C35H55NO5. The van der Waals surface area contributed by atoms with Gasteiger partial charge in [0.25, 0.3) is 0 Å². The minimum Gasteiger partial charge on any atom is -0.457 e. The van der Waals surface area contributed by atoms with Crippen molar-refractivity contribution in [2.45, 2.75) is 148 Å². The summed E-state index contributed by atoms with van der Waals surface area (Å²) in [7, 11) is 0. The number of rotatable bonds is 7. The smallest absolute Gasteiger partial charge is 0.309 e. The van der Waals surface area contributed by atoms with Crippen molar-refractivity contribution in [3.05, 3.63) is 36.0 Å². The van der Waals surface area contributed by atoms with Gasteiger partial charge in [0, 0.05) is 31.8 Å². The average molecular weight is 570 g/mol. The van der Waals surface area contributed by atoms with Crippen molar-refractivity contribution >= 4 is 11.9 Å². The van der Waals surface area contributed by atoms with Gasteiger partial charge in [0.1, 0.15) is 6.10 Å². The molecule has 4 aliphatic rings. The normalized spacial score (nSPS) is 35.5. The molecule has 4 heterocycles. The molecule has 6 heteroatoms. The number of hydrogen-bond acceptors (Lipinski definition) is 5. The van der Waals surface area contributed by atoms with E-state index in [0.29, 0.717) is 24.3 Å². The molecule has 230 valence electrons. The molecule has 0 spiro atoms. The van der Waals surface area contributed by atoms with E-state index < -0.39 is 0 Å². The molecule has 0 aromatic rings. The fourth-order valence-corrected chi connectivity index (χ4v) is 6.90. The Morgan fingerprint density at radius 2 is 1.63 bits per heavy atom. The number of fused-ring (bicyclic) bond motifs is 4. The number of esters is 1. The first-order valence-corrected chi connectivity index (χ1v) is 16.7. The molecule has 1 amide bonds. The molecule has 0 radical (unpaired) electrons. The summed E-state index contributed by atoms with van der Waals surface area (Å²) in [5.74, 6) is 0.614. The van der Waals surface area contributed by atoms with Crippen LogP contribution in [0.1, 0.15) is 117 Å². The van der Waals surface area contributed by atoms with Gasteiger partial charge in [-0.05, 0) is 89.5 Å². The van der Waals surface area contributed by atoms with Gasteiger partial charge in [-0.1, -0.05) is 50.1 Å². The van der Waals surface area contributed by atoms with Crippen LogP contribution in [-0.2, 0) is 23.8 Å². The molecule has 4 bridgehead atoms. The van der Waals surface area contributed by atoms with Gasteiger partial charge in [-0.2, -0.15) is 0 Å².